The maximum Gasteiger partial charge on any atom is 0.207 e. The Balaban J connectivity index is 1.71. The molecule has 0 N–H and O–H groups in total. The molecule has 0 aliphatic heterocycles. The second kappa shape index (κ2) is 15.2. The van der Waals surface area contributed by atoms with Gasteiger partial charge < -0.3 is 18.9 Å². The largest absolute Gasteiger partial charge is 0.497 e. The van der Waals surface area contributed by atoms with Gasteiger partial charge in [0.05, 0.1) is 34.0 Å². The lowest BCUT2D eigenvalue weighted by Gasteiger charge is -2.03. The molecule has 0 atom stereocenters. The summed E-state index contributed by atoms with van der Waals surface area (Å²) in [7, 11) is 6.46. The molecule has 222 valence electrons. The first-order valence-corrected chi connectivity index (χ1v) is 14.1. The Morgan fingerprint density at radius 3 is 1.07 bits per heavy atom. The zero-order valence-corrected chi connectivity index (χ0v) is 25.8. The van der Waals surface area contributed by atoms with Crippen LogP contribution in [0.3, 0.4) is 0 Å². The zero-order chi connectivity index (χ0) is 32.1. The molecule has 0 fully saturated rings. The van der Waals surface area contributed by atoms with E-state index < -0.39 is 0 Å². The number of hydrogen-bond donors (Lipinski definition) is 0. The summed E-state index contributed by atoms with van der Waals surface area (Å²) in [5, 5.41) is 0. The highest BCUT2D eigenvalue weighted by molar-refractivity contribution is 5.60. The topological polar surface area (TPSA) is 62.7 Å². The van der Waals surface area contributed by atoms with Crippen LogP contribution < -0.4 is 18.9 Å². The fourth-order valence-electron chi connectivity index (χ4n) is 4.14. The summed E-state index contributed by atoms with van der Waals surface area (Å²) in [5.41, 5.74) is 4.24. The molecule has 46 heavy (non-hydrogen) atoms. The van der Waals surface area contributed by atoms with Gasteiger partial charge in [0.25, 0.3) is 0 Å². The van der Waals surface area contributed by atoms with Crippen molar-refractivity contribution in [2.45, 2.75) is 0 Å². The van der Waals surface area contributed by atoms with Gasteiger partial charge in [0, 0.05) is 22.3 Å². The van der Waals surface area contributed by atoms with Gasteiger partial charge in [-0.25, -0.2) is 9.97 Å². The van der Waals surface area contributed by atoms with Crippen molar-refractivity contribution in [1.82, 2.24) is 9.97 Å². The van der Waals surface area contributed by atoms with Gasteiger partial charge in [0.2, 0.25) is 5.82 Å². The van der Waals surface area contributed by atoms with Crippen LogP contribution in [0, 0.1) is 47.4 Å². The quantitative estimate of drug-likeness (QED) is 0.232. The third kappa shape index (κ3) is 8.27. The first-order valence-electron chi connectivity index (χ1n) is 14.1. The predicted molar refractivity (Wildman–Crippen MR) is 178 cm³/mol. The van der Waals surface area contributed by atoms with E-state index in [1.807, 2.05) is 97.1 Å². The molecule has 0 amide bonds. The molecule has 0 saturated heterocycles. The van der Waals surface area contributed by atoms with Crippen molar-refractivity contribution in [2.75, 3.05) is 28.4 Å². The monoisotopic (exact) mass is 600 g/mol. The van der Waals surface area contributed by atoms with E-state index in [-0.39, 0.29) is 5.82 Å². The Labute approximate surface area is 269 Å². The molecule has 0 radical (unpaired) electrons. The molecule has 6 nitrogen and oxygen atoms in total. The highest BCUT2D eigenvalue weighted by atomic mass is 16.5. The summed E-state index contributed by atoms with van der Waals surface area (Å²) < 4.78 is 21.5. The number of methoxy groups -OCH3 is 4. The third-order valence-corrected chi connectivity index (χ3v) is 6.49. The van der Waals surface area contributed by atoms with E-state index in [2.05, 4.69) is 47.4 Å². The molecule has 0 unspecified atom stereocenters. The molecule has 0 aliphatic rings. The Bertz CT molecular complexity index is 2050. The van der Waals surface area contributed by atoms with E-state index in [9.17, 15) is 0 Å². The van der Waals surface area contributed by atoms with Crippen LogP contribution in [0.1, 0.15) is 45.0 Å². The van der Waals surface area contributed by atoms with Gasteiger partial charge in [0.15, 0.2) is 0 Å². The van der Waals surface area contributed by atoms with Crippen LogP contribution in [0.15, 0.2) is 97.1 Å². The number of rotatable bonds is 4. The summed E-state index contributed by atoms with van der Waals surface area (Å²) in [6, 6.07) is 29.9. The van der Waals surface area contributed by atoms with Crippen molar-refractivity contribution in [2.24, 2.45) is 0 Å². The van der Waals surface area contributed by atoms with Gasteiger partial charge >= 0.3 is 0 Å². The fourth-order valence-corrected chi connectivity index (χ4v) is 4.14. The van der Waals surface area contributed by atoms with E-state index in [0.717, 1.165) is 22.3 Å². The normalized spacial score (nSPS) is 9.48. The Morgan fingerprint density at radius 2 is 0.717 bits per heavy atom. The van der Waals surface area contributed by atoms with Gasteiger partial charge in [-0.2, -0.15) is 0 Å². The molecule has 0 aliphatic carbocycles. The van der Waals surface area contributed by atoms with Gasteiger partial charge in [-0.05, 0) is 90.6 Å². The number of ether oxygens (including phenoxy) is 4. The summed E-state index contributed by atoms with van der Waals surface area (Å²) in [6.07, 6.45) is 0. The number of hydrogen-bond acceptors (Lipinski definition) is 6. The Morgan fingerprint density at radius 1 is 0.391 bits per heavy atom. The SMILES string of the molecule is COc1cccc(C#Cc2nc(C#Cc3cccc(OC)c3)c(C#Cc3cccc(OC)c3)c(C#Cc3cccc(OC)c3)n2)c1. The summed E-state index contributed by atoms with van der Waals surface area (Å²) in [5.74, 6) is 28.4. The standard InChI is InChI=1S/C40H28N2O4/c1-43-33-13-5-9-29(25-33)17-21-37-38(22-18-30-10-6-14-34(26-30)44-2)41-40(24-20-32-12-8-16-36(28-32)46-4)42-39(37)23-19-31-11-7-15-35(27-31)45-3/h5-16,25-28H,1-4H3. The lowest BCUT2D eigenvalue weighted by atomic mass is 10.1. The van der Waals surface area contributed by atoms with Crippen molar-refractivity contribution in [3.8, 4) is 70.4 Å². The maximum atomic E-state index is 5.38. The molecule has 0 saturated carbocycles. The van der Waals surface area contributed by atoms with Crippen LogP contribution in [0.25, 0.3) is 0 Å². The number of nitrogens with zero attached hydrogens (tertiary/aromatic N) is 2. The second-order valence-corrected chi connectivity index (χ2v) is 9.55. The molecule has 0 spiro atoms. The molecule has 1 aromatic heterocycles. The Hall–Kier alpha value is -6.60. The van der Waals surface area contributed by atoms with Crippen molar-refractivity contribution in [3.63, 3.8) is 0 Å². The molecular weight excluding hydrogens is 572 g/mol. The average Bonchev–Trinajstić information content (AvgIpc) is 3.11. The van der Waals surface area contributed by atoms with Gasteiger partial charge in [-0.15, -0.1) is 0 Å². The van der Waals surface area contributed by atoms with E-state index in [1.54, 1.807) is 28.4 Å². The first-order chi connectivity index (χ1) is 22.6. The minimum absolute atomic E-state index is 0.250. The van der Waals surface area contributed by atoms with Crippen LogP contribution in [0.4, 0.5) is 0 Å². The number of aromatic nitrogens is 2. The predicted octanol–water partition coefficient (Wildman–Crippen LogP) is 6.11. The smallest absolute Gasteiger partial charge is 0.207 e. The average molecular weight is 601 g/mol. The highest BCUT2D eigenvalue weighted by Gasteiger charge is 2.11. The summed E-state index contributed by atoms with van der Waals surface area (Å²) in [4.78, 5) is 9.48. The molecule has 5 rings (SSSR count). The van der Waals surface area contributed by atoms with Gasteiger partial charge in [-0.3, -0.25) is 0 Å². The summed E-state index contributed by atoms with van der Waals surface area (Å²) >= 11 is 0. The van der Waals surface area contributed by atoms with Gasteiger partial charge in [0.1, 0.15) is 34.4 Å². The molecular formula is C40H28N2O4. The molecule has 4 aromatic carbocycles. The van der Waals surface area contributed by atoms with Crippen molar-refractivity contribution < 1.29 is 18.9 Å². The van der Waals surface area contributed by atoms with E-state index in [1.165, 1.54) is 0 Å². The lowest BCUT2D eigenvalue weighted by molar-refractivity contribution is 0.414. The summed E-state index contributed by atoms with van der Waals surface area (Å²) in [6.45, 7) is 0. The molecule has 0 bridgehead atoms. The van der Waals surface area contributed by atoms with Crippen molar-refractivity contribution in [1.29, 1.82) is 0 Å². The van der Waals surface area contributed by atoms with Gasteiger partial charge in [-0.1, -0.05) is 53.9 Å². The molecule has 6 heteroatoms. The number of benzene rings is 4. The second-order valence-electron chi connectivity index (χ2n) is 9.55. The minimum Gasteiger partial charge on any atom is -0.497 e. The van der Waals surface area contributed by atoms with E-state index in [4.69, 9.17) is 28.9 Å². The molecule has 5 aromatic rings. The van der Waals surface area contributed by atoms with Crippen LogP contribution in [0.5, 0.6) is 23.0 Å². The van der Waals surface area contributed by atoms with Crippen molar-refractivity contribution >= 4 is 0 Å². The third-order valence-electron chi connectivity index (χ3n) is 6.49. The van der Waals surface area contributed by atoms with Crippen LogP contribution in [-0.2, 0) is 0 Å². The zero-order valence-electron chi connectivity index (χ0n) is 25.8. The maximum absolute atomic E-state index is 5.38. The van der Waals surface area contributed by atoms with Crippen LogP contribution >= 0.6 is 0 Å². The fraction of sp³-hybridized carbons (Fsp3) is 0.100. The van der Waals surface area contributed by atoms with E-state index >= 15 is 0 Å². The van der Waals surface area contributed by atoms with Crippen LogP contribution in [0.2, 0.25) is 0 Å². The Kier molecular flexibility index (Phi) is 10.2. The van der Waals surface area contributed by atoms with Crippen molar-refractivity contribution in [3.05, 3.63) is 142 Å². The first kappa shape index (κ1) is 30.8. The highest BCUT2D eigenvalue weighted by Crippen LogP contribution is 2.17. The lowest BCUT2D eigenvalue weighted by Crippen LogP contribution is -2.03. The van der Waals surface area contributed by atoms with E-state index in [0.29, 0.717) is 39.9 Å². The van der Waals surface area contributed by atoms with Crippen LogP contribution in [-0.4, -0.2) is 38.4 Å². The minimum atomic E-state index is 0.250. The molecule has 1 heterocycles.